The fraction of sp³-hybridized carbons (Fsp3) is 0. The molecule has 0 spiro atoms. The summed E-state index contributed by atoms with van der Waals surface area (Å²) in [7, 11) is 0. The minimum Gasteiger partial charge on any atom is -0.309 e. The molecular weight excluding hydrogens is 538 g/mol. The van der Waals surface area contributed by atoms with Crippen LogP contribution in [0.25, 0.3) is 66.1 Å². The second kappa shape index (κ2) is 9.74. The minimum atomic E-state index is 0.570. The Morgan fingerprint density at radius 1 is 0.409 bits per heavy atom. The Bertz CT molecular complexity index is 2470. The molecule has 202 valence electrons. The quantitative estimate of drug-likeness (QED) is 0.216. The van der Waals surface area contributed by atoms with E-state index < -0.39 is 0 Å². The second-order valence-corrected chi connectivity index (χ2v) is 10.8. The average molecular weight is 560 g/mol. The Morgan fingerprint density at radius 2 is 0.932 bits per heavy atom. The predicted octanol–water partition coefficient (Wildman–Crippen LogP) is 9.16. The molecule has 44 heavy (non-hydrogen) atoms. The molecule has 0 fully saturated rings. The van der Waals surface area contributed by atoms with Gasteiger partial charge in [-0.15, -0.1) is 0 Å². The van der Waals surface area contributed by atoms with Gasteiger partial charge in [-0.2, -0.15) is 15.8 Å². The summed E-state index contributed by atoms with van der Waals surface area (Å²) >= 11 is 0. The number of benzene rings is 6. The van der Waals surface area contributed by atoms with Crippen LogP contribution in [-0.2, 0) is 0 Å². The Labute approximate surface area is 252 Å². The first kappa shape index (κ1) is 25.1. The molecule has 0 aliphatic carbocycles. The van der Waals surface area contributed by atoms with Gasteiger partial charge in [0.15, 0.2) is 0 Å². The van der Waals surface area contributed by atoms with Gasteiger partial charge in [-0.25, -0.2) is 0 Å². The molecule has 2 heterocycles. The van der Waals surface area contributed by atoms with Crippen molar-refractivity contribution >= 4 is 43.6 Å². The van der Waals surface area contributed by atoms with Crippen molar-refractivity contribution in [3.63, 3.8) is 0 Å². The van der Waals surface area contributed by atoms with E-state index in [9.17, 15) is 15.8 Å². The van der Waals surface area contributed by atoms with Gasteiger partial charge in [0.2, 0.25) is 0 Å². The molecule has 0 N–H and O–H groups in total. The zero-order valence-electron chi connectivity index (χ0n) is 23.4. The number of fused-ring (bicyclic) bond motifs is 6. The molecule has 6 aromatic carbocycles. The molecule has 0 saturated carbocycles. The minimum absolute atomic E-state index is 0.570. The van der Waals surface area contributed by atoms with Crippen LogP contribution in [-0.4, -0.2) is 9.13 Å². The van der Waals surface area contributed by atoms with E-state index in [1.807, 2.05) is 72.8 Å². The van der Waals surface area contributed by atoms with Crippen molar-refractivity contribution in [3.8, 4) is 40.7 Å². The first-order valence-electron chi connectivity index (χ1n) is 14.2. The summed E-state index contributed by atoms with van der Waals surface area (Å²) in [6.07, 6.45) is 0. The van der Waals surface area contributed by atoms with Crippen LogP contribution in [0.3, 0.4) is 0 Å². The maximum atomic E-state index is 9.89. The van der Waals surface area contributed by atoms with Crippen LogP contribution in [0.4, 0.5) is 0 Å². The first-order chi connectivity index (χ1) is 21.7. The third kappa shape index (κ3) is 3.70. The van der Waals surface area contributed by atoms with Gasteiger partial charge in [0.25, 0.3) is 0 Å². The third-order valence-corrected chi connectivity index (χ3v) is 8.39. The molecule has 5 heteroatoms. The van der Waals surface area contributed by atoms with E-state index in [0.717, 1.165) is 66.1 Å². The lowest BCUT2D eigenvalue weighted by atomic mass is 10.0. The third-order valence-electron chi connectivity index (χ3n) is 8.39. The maximum absolute atomic E-state index is 9.89. The second-order valence-electron chi connectivity index (χ2n) is 10.8. The fourth-order valence-corrected chi connectivity index (χ4v) is 6.47. The van der Waals surface area contributed by atoms with Gasteiger partial charge in [0, 0.05) is 32.8 Å². The molecule has 8 rings (SSSR count). The molecular formula is C39H21N5. The van der Waals surface area contributed by atoms with Gasteiger partial charge >= 0.3 is 0 Å². The Hall–Kier alpha value is -6.61. The monoisotopic (exact) mass is 559 g/mol. The van der Waals surface area contributed by atoms with Crippen molar-refractivity contribution in [2.45, 2.75) is 0 Å². The van der Waals surface area contributed by atoms with E-state index in [-0.39, 0.29) is 0 Å². The van der Waals surface area contributed by atoms with E-state index in [4.69, 9.17) is 0 Å². The predicted molar refractivity (Wildman–Crippen MR) is 175 cm³/mol. The lowest BCUT2D eigenvalue weighted by molar-refractivity contribution is 1.17. The highest BCUT2D eigenvalue weighted by atomic mass is 15.0. The molecule has 5 nitrogen and oxygen atoms in total. The summed E-state index contributed by atoms with van der Waals surface area (Å²) in [6.45, 7) is 0. The average Bonchev–Trinajstić information content (AvgIpc) is 3.60. The number of hydrogen-bond acceptors (Lipinski definition) is 3. The van der Waals surface area contributed by atoms with Crippen molar-refractivity contribution < 1.29 is 0 Å². The van der Waals surface area contributed by atoms with Crippen LogP contribution in [0.2, 0.25) is 0 Å². The number of nitrogens with zero attached hydrogens (tertiary/aromatic N) is 5. The highest BCUT2D eigenvalue weighted by Crippen LogP contribution is 2.38. The molecule has 0 atom stereocenters. The number of hydrogen-bond donors (Lipinski definition) is 0. The van der Waals surface area contributed by atoms with E-state index in [0.29, 0.717) is 16.7 Å². The summed E-state index contributed by atoms with van der Waals surface area (Å²) in [4.78, 5) is 0. The van der Waals surface area contributed by atoms with E-state index >= 15 is 0 Å². The van der Waals surface area contributed by atoms with Crippen molar-refractivity contribution in [2.24, 2.45) is 0 Å². The lowest BCUT2D eigenvalue weighted by Crippen LogP contribution is -1.99. The molecule has 0 unspecified atom stereocenters. The Kier molecular flexibility index (Phi) is 5.56. The van der Waals surface area contributed by atoms with Crippen LogP contribution >= 0.6 is 0 Å². The van der Waals surface area contributed by atoms with Gasteiger partial charge in [-0.05, 0) is 78.4 Å². The molecule has 8 aromatic rings. The Morgan fingerprint density at radius 3 is 1.52 bits per heavy atom. The smallest absolute Gasteiger partial charge is 0.0992 e. The SMILES string of the molecule is N#Cc1ccc(-c2cccc(-n3c4ccc(C#N)cc4c4cc(C#N)ccc43)c2)c(-n2c3ccccc3c3ccccc32)c1. The van der Waals surface area contributed by atoms with Crippen LogP contribution in [0.5, 0.6) is 0 Å². The standard InChI is InChI=1S/C39H21N5/c40-22-25-13-16-37-33(18-25)34-19-26(23-41)14-17-38(34)43(37)29-7-5-6-28(21-29)30-15-12-27(24-42)20-39(30)44-35-10-3-1-8-31(35)32-9-2-4-11-36(32)44/h1-21H. The van der Waals surface area contributed by atoms with Crippen LogP contribution in [0.15, 0.2) is 127 Å². The van der Waals surface area contributed by atoms with Gasteiger partial charge in [0.05, 0.1) is 62.7 Å². The van der Waals surface area contributed by atoms with Gasteiger partial charge in [0.1, 0.15) is 0 Å². The maximum Gasteiger partial charge on any atom is 0.0992 e. The number of para-hydroxylation sites is 2. The molecule has 0 aliphatic rings. The largest absolute Gasteiger partial charge is 0.309 e. The zero-order chi connectivity index (χ0) is 29.8. The van der Waals surface area contributed by atoms with Crippen molar-refractivity contribution in [2.75, 3.05) is 0 Å². The topological polar surface area (TPSA) is 81.2 Å². The van der Waals surface area contributed by atoms with Crippen LogP contribution in [0, 0.1) is 34.0 Å². The van der Waals surface area contributed by atoms with Gasteiger partial charge in [-0.1, -0.05) is 54.6 Å². The number of aromatic nitrogens is 2. The van der Waals surface area contributed by atoms with E-state index in [2.05, 4.69) is 81.9 Å². The zero-order valence-corrected chi connectivity index (χ0v) is 23.4. The van der Waals surface area contributed by atoms with Gasteiger partial charge in [-0.3, -0.25) is 0 Å². The first-order valence-corrected chi connectivity index (χ1v) is 14.2. The van der Waals surface area contributed by atoms with E-state index in [1.165, 1.54) is 0 Å². The summed E-state index contributed by atoms with van der Waals surface area (Å²) < 4.78 is 4.43. The summed E-state index contributed by atoms with van der Waals surface area (Å²) in [5, 5.41) is 33.2. The molecule has 0 bridgehead atoms. The molecule has 2 aromatic heterocycles. The van der Waals surface area contributed by atoms with Crippen LogP contribution < -0.4 is 0 Å². The fourth-order valence-electron chi connectivity index (χ4n) is 6.47. The van der Waals surface area contributed by atoms with Crippen molar-refractivity contribution in [1.82, 2.24) is 9.13 Å². The lowest BCUT2D eigenvalue weighted by Gasteiger charge is -2.16. The molecule has 0 aliphatic heterocycles. The molecule has 0 amide bonds. The summed E-state index contributed by atoms with van der Waals surface area (Å²) in [5.74, 6) is 0. The summed E-state index contributed by atoms with van der Waals surface area (Å²) in [5.41, 5.74) is 9.66. The molecule has 0 saturated heterocycles. The number of nitriles is 3. The van der Waals surface area contributed by atoms with Crippen LogP contribution in [0.1, 0.15) is 16.7 Å². The van der Waals surface area contributed by atoms with Crippen molar-refractivity contribution in [1.29, 1.82) is 15.8 Å². The normalized spacial score (nSPS) is 11.1. The highest BCUT2D eigenvalue weighted by Gasteiger charge is 2.18. The summed E-state index contributed by atoms with van der Waals surface area (Å²) in [6, 6.07) is 49.2. The van der Waals surface area contributed by atoms with Gasteiger partial charge < -0.3 is 9.13 Å². The highest BCUT2D eigenvalue weighted by molar-refractivity contribution is 6.11. The van der Waals surface area contributed by atoms with E-state index in [1.54, 1.807) is 0 Å². The number of rotatable bonds is 3. The Balaban J connectivity index is 1.40. The molecule has 0 radical (unpaired) electrons. The van der Waals surface area contributed by atoms with Crippen molar-refractivity contribution in [3.05, 3.63) is 144 Å².